The van der Waals surface area contributed by atoms with Crippen LogP contribution in [0.25, 0.3) is 44.0 Å². The molecule has 10 rings (SSSR count). The Morgan fingerprint density at radius 1 is 0.815 bits per heavy atom. The molecule has 0 saturated carbocycles. The van der Waals surface area contributed by atoms with Gasteiger partial charge in [-0.2, -0.15) is 0 Å². The quantitative estimate of drug-likeness (QED) is 0.0778. The SMILES string of the molecule is [2H]C=C([2H])C(C([2H])/C([2H])=C/c1cc2c(c3c1C=CCC3)CCC=C2)N(/C=C/C1C(C=C)c2ccccc2C1(c1ccccc1)c1ccccc1)C(=C)/C=C\C(=C)c1cccc2c1sc1ccccc12. The summed E-state index contributed by atoms with van der Waals surface area (Å²) in [5.74, 6) is -0.328. The Kier molecular flexibility index (Phi) is 10.5. The van der Waals surface area contributed by atoms with Gasteiger partial charge in [0.2, 0.25) is 0 Å². The van der Waals surface area contributed by atoms with E-state index in [2.05, 4.69) is 171 Å². The van der Waals surface area contributed by atoms with Crippen LogP contribution in [-0.2, 0) is 18.3 Å². The minimum atomic E-state index is -1.27. The van der Waals surface area contributed by atoms with E-state index in [0.29, 0.717) is 5.70 Å². The molecule has 0 bridgehead atoms. The van der Waals surface area contributed by atoms with Gasteiger partial charge >= 0.3 is 0 Å². The number of allylic oxidation sites excluding steroid dienone is 7. The standard InChI is InChI=1S/C63H55NS/c1-5-50(29-21-24-47-43-46-23-13-14-30-53(46)55-32-16-15-31-54(47)55)64(45(4)40-39-44(3)52-35-22-36-58-57-34-18-20-38-61(57)65-62(52)58)42-41-60-51(6-2)56-33-17-19-37-59(56)63(60,48-25-9-7-10-26-48)49-27-11-8-12-28-49/h5-13,15,17-28,31,33-43,50-51,60H,1-4,14,16,29-30,32H2/b24-21+,40-39-,42-41+/i1D,5D,21D,29D/b5-1?,24-21+,40-39-,42-41+. The van der Waals surface area contributed by atoms with Gasteiger partial charge in [-0.05, 0) is 111 Å². The number of nitrogens with zero attached hydrogens (tertiary/aromatic N) is 1. The molecular weight excluding hydrogens is 803 g/mol. The van der Waals surface area contributed by atoms with Crippen molar-refractivity contribution >= 4 is 55.3 Å². The summed E-state index contributed by atoms with van der Waals surface area (Å²) >= 11 is 1.75. The van der Waals surface area contributed by atoms with Crippen molar-refractivity contribution in [2.24, 2.45) is 5.92 Å². The molecule has 3 aliphatic rings. The van der Waals surface area contributed by atoms with E-state index >= 15 is 0 Å². The third-order valence-electron chi connectivity index (χ3n) is 13.7. The molecule has 65 heavy (non-hydrogen) atoms. The smallest absolute Gasteiger partial charge is 0.0592 e. The van der Waals surface area contributed by atoms with Gasteiger partial charge in [-0.3, -0.25) is 0 Å². The predicted octanol–water partition coefficient (Wildman–Crippen LogP) is 16.5. The highest BCUT2D eigenvalue weighted by Crippen LogP contribution is 2.58. The molecule has 0 aliphatic heterocycles. The van der Waals surface area contributed by atoms with Crippen molar-refractivity contribution in [1.82, 2.24) is 4.90 Å². The lowest BCUT2D eigenvalue weighted by atomic mass is 9.64. The first-order valence-corrected chi connectivity index (χ1v) is 23.5. The molecule has 1 nitrogen and oxygen atoms in total. The van der Waals surface area contributed by atoms with Gasteiger partial charge in [-0.1, -0.05) is 195 Å². The molecule has 2 heteroatoms. The van der Waals surface area contributed by atoms with Crippen LogP contribution in [0.5, 0.6) is 0 Å². The second-order valence-corrected chi connectivity index (χ2v) is 18.2. The zero-order chi connectivity index (χ0) is 47.6. The molecule has 0 saturated heterocycles. The van der Waals surface area contributed by atoms with Gasteiger partial charge in [-0.25, -0.2) is 0 Å². The van der Waals surface area contributed by atoms with Crippen molar-refractivity contribution in [1.29, 1.82) is 0 Å². The summed E-state index contributed by atoms with van der Waals surface area (Å²) < 4.78 is 40.0. The van der Waals surface area contributed by atoms with E-state index in [-0.39, 0.29) is 23.9 Å². The van der Waals surface area contributed by atoms with Gasteiger partial charge in [0, 0.05) is 45.3 Å². The largest absolute Gasteiger partial charge is 0.342 e. The molecule has 0 spiro atoms. The molecule has 0 amide bonds. The Labute approximate surface area is 395 Å². The summed E-state index contributed by atoms with van der Waals surface area (Å²) in [5.41, 5.74) is 12.2. The highest BCUT2D eigenvalue weighted by molar-refractivity contribution is 7.26. The lowest BCUT2D eigenvalue weighted by molar-refractivity contribution is 0.394. The third-order valence-corrected chi connectivity index (χ3v) is 14.9. The normalized spacial score (nSPS) is 19.5. The third kappa shape index (κ3) is 7.56. The molecule has 4 unspecified atom stereocenters. The number of hydrogen-bond acceptors (Lipinski definition) is 2. The van der Waals surface area contributed by atoms with Gasteiger partial charge in [0.05, 0.1) is 15.6 Å². The van der Waals surface area contributed by atoms with Crippen LogP contribution in [0, 0.1) is 5.92 Å². The maximum absolute atomic E-state index is 9.98. The molecule has 3 aliphatic carbocycles. The minimum absolute atomic E-state index is 0.0451. The fourth-order valence-electron chi connectivity index (χ4n) is 10.7. The first-order valence-electron chi connectivity index (χ1n) is 24.8. The molecule has 318 valence electrons. The van der Waals surface area contributed by atoms with Crippen LogP contribution in [0.15, 0.2) is 220 Å². The summed E-state index contributed by atoms with van der Waals surface area (Å²) in [6.07, 6.45) is 23.3. The van der Waals surface area contributed by atoms with Crippen LogP contribution >= 0.6 is 11.3 Å². The lowest BCUT2D eigenvalue weighted by Gasteiger charge is -2.39. The Hall–Kier alpha value is -7.00. The van der Waals surface area contributed by atoms with Crippen LogP contribution in [-0.4, -0.2) is 10.9 Å². The zero-order valence-electron chi connectivity index (χ0n) is 40.7. The van der Waals surface area contributed by atoms with Gasteiger partial charge in [0.25, 0.3) is 0 Å². The molecular formula is C63H55NS. The van der Waals surface area contributed by atoms with Crippen molar-refractivity contribution in [2.75, 3.05) is 0 Å². The minimum Gasteiger partial charge on any atom is -0.342 e. The number of rotatable bonds is 14. The van der Waals surface area contributed by atoms with Gasteiger partial charge in [-0.15, -0.1) is 24.5 Å². The van der Waals surface area contributed by atoms with E-state index in [0.717, 1.165) is 70.3 Å². The Bertz CT molecular complexity index is 3270. The van der Waals surface area contributed by atoms with Crippen molar-refractivity contribution in [3.05, 3.63) is 276 Å². The summed E-state index contributed by atoms with van der Waals surface area (Å²) in [5, 5.41) is 2.39. The maximum atomic E-state index is 9.98. The van der Waals surface area contributed by atoms with E-state index in [1.807, 2.05) is 47.5 Å². The van der Waals surface area contributed by atoms with Crippen LogP contribution in [0.2, 0.25) is 0 Å². The number of fused-ring (bicyclic) bond motifs is 7. The lowest BCUT2D eigenvalue weighted by Crippen LogP contribution is -2.35. The molecule has 0 N–H and O–H groups in total. The molecule has 1 heterocycles. The average molecular weight is 862 g/mol. The highest BCUT2D eigenvalue weighted by atomic mass is 32.1. The molecule has 0 fully saturated rings. The topological polar surface area (TPSA) is 3.24 Å². The van der Waals surface area contributed by atoms with Crippen molar-refractivity contribution in [3.8, 4) is 0 Å². The Morgan fingerprint density at radius 3 is 2.31 bits per heavy atom. The summed E-state index contributed by atoms with van der Waals surface area (Å²) in [6.45, 7) is 14.6. The predicted molar refractivity (Wildman–Crippen MR) is 282 cm³/mol. The maximum Gasteiger partial charge on any atom is 0.0592 e. The molecule has 1 aromatic heterocycles. The number of benzene rings is 6. The fraction of sp³-hybridized carbons (Fsp3) is 0.143. The molecule has 6 aromatic carbocycles. The Balaban J connectivity index is 1.11. The zero-order valence-corrected chi connectivity index (χ0v) is 37.5. The first kappa shape index (κ1) is 37.4. The van der Waals surface area contributed by atoms with Crippen LogP contribution in [0.4, 0.5) is 0 Å². The fourth-order valence-corrected chi connectivity index (χ4v) is 12.0. The summed E-state index contributed by atoms with van der Waals surface area (Å²) in [7, 11) is 0. The van der Waals surface area contributed by atoms with Crippen LogP contribution in [0.3, 0.4) is 0 Å². The average Bonchev–Trinajstić information content (AvgIpc) is 3.92. The van der Waals surface area contributed by atoms with E-state index in [9.17, 15) is 4.11 Å². The van der Waals surface area contributed by atoms with E-state index in [1.165, 1.54) is 43.3 Å². The van der Waals surface area contributed by atoms with Crippen LogP contribution in [0.1, 0.15) is 86.3 Å². The monoisotopic (exact) mass is 861 g/mol. The second-order valence-electron chi connectivity index (χ2n) is 17.2. The van der Waals surface area contributed by atoms with Gasteiger partial charge in [0.15, 0.2) is 0 Å². The van der Waals surface area contributed by atoms with E-state index in [4.69, 9.17) is 1.37 Å². The second kappa shape index (κ2) is 18.2. The summed E-state index contributed by atoms with van der Waals surface area (Å²) in [6, 6.07) is 45.7. The van der Waals surface area contributed by atoms with Gasteiger partial charge < -0.3 is 4.90 Å². The van der Waals surface area contributed by atoms with Gasteiger partial charge in [0.1, 0.15) is 0 Å². The van der Waals surface area contributed by atoms with Crippen LogP contribution < -0.4 is 0 Å². The Morgan fingerprint density at radius 2 is 1.52 bits per heavy atom. The van der Waals surface area contributed by atoms with E-state index < -0.39 is 17.9 Å². The number of hydrogen-bond donors (Lipinski definition) is 0. The van der Waals surface area contributed by atoms with Crippen molar-refractivity contribution < 1.29 is 5.48 Å². The van der Waals surface area contributed by atoms with E-state index in [1.54, 1.807) is 11.3 Å². The highest BCUT2D eigenvalue weighted by Gasteiger charge is 2.52. The molecule has 0 radical (unpaired) electrons. The number of thiophene rings is 1. The molecule has 7 aromatic rings. The van der Waals surface area contributed by atoms with Crippen molar-refractivity contribution in [2.45, 2.75) is 49.5 Å². The molecule has 4 atom stereocenters. The summed E-state index contributed by atoms with van der Waals surface area (Å²) in [4.78, 5) is 1.84. The van der Waals surface area contributed by atoms with Crippen molar-refractivity contribution in [3.63, 3.8) is 0 Å². The first-order chi connectivity index (χ1) is 33.7.